The minimum Gasteiger partial charge on any atom is -0.450 e. The average molecular weight is 227 g/mol. The van der Waals surface area contributed by atoms with E-state index in [-0.39, 0.29) is 30.4 Å². The molecule has 16 heavy (non-hydrogen) atoms. The predicted octanol–water partition coefficient (Wildman–Crippen LogP) is 0.508. The normalized spacial score (nSPS) is 44.9. The van der Waals surface area contributed by atoms with Crippen LogP contribution in [0.1, 0.15) is 26.2 Å². The van der Waals surface area contributed by atoms with E-state index in [4.69, 9.17) is 9.47 Å². The molecule has 0 aromatic rings. The van der Waals surface area contributed by atoms with E-state index in [2.05, 4.69) is 0 Å². The van der Waals surface area contributed by atoms with Crippen molar-refractivity contribution in [1.29, 1.82) is 0 Å². The first-order valence-electron chi connectivity index (χ1n) is 6.01. The van der Waals surface area contributed by atoms with E-state index in [9.17, 15) is 9.90 Å². The third-order valence-electron chi connectivity index (χ3n) is 3.97. The number of piperidine rings is 2. The molecule has 0 unspecified atom stereocenters. The molecule has 5 nitrogen and oxygen atoms in total. The summed E-state index contributed by atoms with van der Waals surface area (Å²) in [6.07, 6.45) is 1.69. The Labute approximate surface area is 94.3 Å². The summed E-state index contributed by atoms with van der Waals surface area (Å²) < 4.78 is 10.8. The van der Waals surface area contributed by atoms with Gasteiger partial charge in [-0.15, -0.1) is 0 Å². The maximum Gasteiger partial charge on any atom is 0.410 e. The number of hydrogen-bond acceptors (Lipinski definition) is 4. The number of hydrogen-bond donors (Lipinski definition) is 1. The van der Waals surface area contributed by atoms with Crippen LogP contribution in [0, 0.1) is 0 Å². The van der Waals surface area contributed by atoms with Crippen molar-refractivity contribution in [1.82, 2.24) is 4.90 Å². The van der Waals surface area contributed by atoms with Crippen molar-refractivity contribution < 1.29 is 19.4 Å². The molecule has 1 amide bonds. The summed E-state index contributed by atoms with van der Waals surface area (Å²) in [5, 5.41) is 10.1. The van der Waals surface area contributed by atoms with Crippen LogP contribution < -0.4 is 0 Å². The molecule has 3 saturated heterocycles. The van der Waals surface area contributed by atoms with E-state index in [0.29, 0.717) is 6.61 Å². The van der Waals surface area contributed by atoms with Crippen LogP contribution in [0.4, 0.5) is 4.79 Å². The van der Waals surface area contributed by atoms with Gasteiger partial charge in [-0.2, -0.15) is 0 Å². The lowest BCUT2D eigenvalue weighted by atomic mass is 9.83. The molecule has 0 aliphatic carbocycles. The third kappa shape index (κ3) is 1.28. The van der Waals surface area contributed by atoms with Crippen molar-refractivity contribution in [2.24, 2.45) is 0 Å². The zero-order valence-electron chi connectivity index (χ0n) is 9.33. The molecule has 0 radical (unpaired) electrons. The minimum atomic E-state index is -0.548. The highest BCUT2D eigenvalue weighted by atomic mass is 16.6. The van der Waals surface area contributed by atoms with Gasteiger partial charge in [0.1, 0.15) is 6.10 Å². The Morgan fingerprint density at radius 1 is 1.44 bits per heavy atom. The molecular weight excluding hydrogens is 210 g/mol. The largest absolute Gasteiger partial charge is 0.450 e. The standard InChI is InChI=1S/C11H17NO4/c1-2-15-11(14)12-6-3-4-8-7(12)5-9(16-8)10(6)13/h6-10,13H,2-5H2,1H3/t6-,7-,8-,9-,10+/m1/s1. The summed E-state index contributed by atoms with van der Waals surface area (Å²) in [6.45, 7) is 2.17. The Bertz CT molecular complexity index is 308. The quantitative estimate of drug-likeness (QED) is 0.709. The molecule has 0 aromatic heterocycles. The number of carbonyl (C=O) groups is 1. The highest BCUT2D eigenvalue weighted by Crippen LogP contribution is 2.43. The van der Waals surface area contributed by atoms with Gasteiger partial charge in [-0.3, -0.25) is 4.90 Å². The second-order valence-corrected chi connectivity index (χ2v) is 4.76. The molecule has 3 bridgehead atoms. The van der Waals surface area contributed by atoms with Gasteiger partial charge >= 0.3 is 6.09 Å². The SMILES string of the molecule is CCOC(=O)N1[C@@H]2CC[C@H]3O[C@H](C[C@H]31)[C@H]2O. The average Bonchev–Trinajstić information content (AvgIpc) is 2.59. The molecule has 3 aliphatic rings. The summed E-state index contributed by atoms with van der Waals surface area (Å²) in [4.78, 5) is 13.6. The van der Waals surface area contributed by atoms with Gasteiger partial charge in [0.15, 0.2) is 0 Å². The zero-order valence-corrected chi connectivity index (χ0v) is 9.33. The van der Waals surface area contributed by atoms with E-state index < -0.39 is 6.10 Å². The number of amides is 1. The number of aliphatic hydroxyl groups is 1. The fourth-order valence-electron chi connectivity index (χ4n) is 3.31. The van der Waals surface area contributed by atoms with E-state index in [1.807, 2.05) is 0 Å². The fraction of sp³-hybridized carbons (Fsp3) is 0.909. The van der Waals surface area contributed by atoms with Gasteiger partial charge in [0.25, 0.3) is 0 Å². The summed E-state index contributed by atoms with van der Waals surface area (Å²) in [7, 11) is 0. The summed E-state index contributed by atoms with van der Waals surface area (Å²) in [5.41, 5.74) is 0. The molecule has 0 saturated carbocycles. The first-order chi connectivity index (χ1) is 7.72. The van der Waals surface area contributed by atoms with Crippen LogP contribution in [0.2, 0.25) is 0 Å². The third-order valence-corrected chi connectivity index (χ3v) is 3.97. The summed E-state index contributed by atoms with van der Waals surface area (Å²) in [5.74, 6) is 0. The summed E-state index contributed by atoms with van der Waals surface area (Å²) in [6, 6.07) is 0.00718. The van der Waals surface area contributed by atoms with E-state index in [1.54, 1.807) is 11.8 Å². The molecule has 3 rings (SSSR count). The van der Waals surface area contributed by atoms with Gasteiger partial charge in [-0.1, -0.05) is 0 Å². The minimum absolute atomic E-state index is 0.0758. The number of carbonyl (C=O) groups excluding carboxylic acids is 1. The van der Waals surface area contributed by atoms with Gasteiger partial charge in [0.05, 0.1) is 30.9 Å². The Hall–Kier alpha value is -0.810. The molecule has 90 valence electrons. The Kier molecular flexibility index (Phi) is 2.33. The van der Waals surface area contributed by atoms with Crippen molar-refractivity contribution in [3.8, 4) is 0 Å². The molecule has 5 heteroatoms. The molecule has 3 aliphatic heterocycles. The van der Waals surface area contributed by atoms with Crippen molar-refractivity contribution in [2.75, 3.05) is 6.61 Å². The van der Waals surface area contributed by atoms with Crippen LogP contribution in [-0.4, -0.2) is 53.1 Å². The van der Waals surface area contributed by atoms with E-state index in [1.165, 1.54) is 0 Å². The van der Waals surface area contributed by atoms with Crippen molar-refractivity contribution in [2.45, 2.75) is 56.6 Å². The van der Waals surface area contributed by atoms with Gasteiger partial charge in [-0.05, 0) is 26.2 Å². The maximum atomic E-state index is 11.9. The van der Waals surface area contributed by atoms with Gasteiger partial charge < -0.3 is 14.6 Å². The number of aliphatic hydroxyl groups excluding tert-OH is 1. The number of nitrogens with zero attached hydrogens (tertiary/aromatic N) is 1. The number of rotatable bonds is 1. The second kappa shape index (κ2) is 3.60. The first kappa shape index (κ1) is 10.4. The summed E-state index contributed by atoms with van der Waals surface area (Å²) >= 11 is 0. The highest BCUT2D eigenvalue weighted by molar-refractivity contribution is 5.69. The zero-order chi connectivity index (χ0) is 11.3. The van der Waals surface area contributed by atoms with Crippen LogP contribution in [-0.2, 0) is 9.47 Å². The van der Waals surface area contributed by atoms with Crippen LogP contribution >= 0.6 is 0 Å². The first-order valence-corrected chi connectivity index (χ1v) is 6.01. The van der Waals surface area contributed by atoms with Crippen molar-refractivity contribution >= 4 is 6.09 Å². The van der Waals surface area contributed by atoms with Crippen molar-refractivity contribution in [3.63, 3.8) is 0 Å². The maximum absolute atomic E-state index is 11.9. The lowest BCUT2D eigenvalue weighted by molar-refractivity contribution is -0.0442. The highest BCUT2D eigenvalue weighted by Gasteiger charge is 2.56. The van der Waals surface area contributed by atoms with Crippen LogP contribution in [0.3, 0.4) is 0 Å². The van der Waals surface area contributed by atoms with E-state index in [0.717, 1.165) is 19.3 Å². The van der Waals surface area contributed by atoms with Crippen LogP contribution in [0.25, 0.3) is 0 Å². The van der Waals surface area contributed by atoms with Crippen LogP contribution in [0.15, 0.2) is 0 Å². The lowest BCUT2D eigenvalue weighted by Gasteiger charge is -2.45. The number of fused-ring (bicyclic) bond motifs is 2. The fourth-order valence-corrected chi connectivity index (χ4v) is 3.31. The van der Waals surface area contributed by atoms with Crippen LogP contribution in [0.5, 0.6) is 0 Å². The molecule has 0 spiro atoms. The predicted molar refractivity (Wildman–Crippen MR) is 55.0 cm³/mol. The van der Waals surface area contributed by atoms with Gasteiger partial charge in [0.2, 0.25) is 0 Å². The monoisotopic (exact) mass is 227 g/mol. The van der Waals surface area contributed by atoms with Gasteiger partial charge in [-0.25, -0.2) is 4.79 Å². The Morgan fingerprint density at radius 3 is 3.00 bits per heavy atom. The topological polar surface area (TPSA) is 59.0 Å². The lowest BCUT2D eigenvalue weighted by Crippen LogP contribution is -2.61. The molecule has 5 atom stereocenters. The molecule has 1 N–H and O–H groups in total. The molecule has 3 heterocycles. The smallest absolute Gasteiger partial charge is 0.410 e. The number of ether oxygens (including phenoxy) is 2. The van der Waals surface area contributed by atoms with E-state index >= 15 is 0 Å². The Morgan fingerprint density at radius 2 is 2.25 bits per heavy atom. The molecule has 3 fully saturated rings. The second-order valence-electron chi connectivity index (χ2n) is 4.76. The Balaban J connectivity index is 1.86. The molecule has 0 aromatic carbocycles. The molecular formula is C11H17NO4. The van der Waals surface area contributed by atoms with Gasteiger partial charge in [0, 0.05) is 0 Å². The van der Waals surface area contributed by atoms with Crippen molar-refractivity contribution in [3.05, 3.63) is 0 Å².